The number of aliphatic hydroxyl groups excluding tert-OH is 1. The summed E-state index contributed by atoms with van der Waals surface area (Å²) in [5.41, 5.74) is 1.20. The third kappa shape index (κ3) is 1.67. The molecular formula is C15H27NO. The largest absolute Gasteiger partial charge is 0.396 e. The van der Waals surface area contributed by atoms with E-state index in [1.54, 1.807) is 0 Å². The van der Waals surface area contributed by atoms with Crippen molar-refractivity contribution in [3.05, 3.63) is 0 Å². The molecule has 3 fully saturated rings. The van der Waals surface area contributed by atoms with Gasteiger partial charge in [0.15, 0.2) is 0 Å². The quantitative estimate of drug-likeness (QED) is 0.787. The maximum atomic E-state index is 9.42. The van der Waals surface area contributed by atoms with Gasteiger partial charge in [-0.2, -0.15) is 0 Å². The van der Waals surface area contributed by atoms with E-state index in [1.165, 1.54) is 32.1 Å². The van der Waals surface area contributed by atoms with E-state index in [0.29, 0.717) is 23.5 Å². The van der Waals surface area contributed by atoms with E-state index >= 15 is 0 Å². The van der Waals surface area contributed by atoms with Crippen LogP contribution in [0.3, 0.4) is 0 Å². The molecule has 0 amide bonds. The van der Waals surface area contributed by atoms with Crippen molar-refractivity contribution in [2.45, 2.75) is 58.9 Å². The lowest BCUT2D eigenvalue weighted by molar-refractivity contribution is 0.0968. The van der Waals surface area contributed by atoms with E-state index < -0.39 is 0 Å². The van der Waals surface area contributed by atoms with Gasteiger partial charge in [0, 0.05) is 24.6 Å². The molecule has 0 spiro atoms. The second-order valence-corrected chi connectivity index (χ2v) is 7.89. The molecule has 2 bridgehead atoms. The molecule has 3 rings (SSSR count). The SMILES string of the molecule is CC1(C)C(NCC2(CO)CC2)[C@]2(C)CC[C@H]1C2. The van der Waals surface area contributed by atoms with Gasteiger partial charge in [0.05, 0.1) is 0 Å². The van der Waals surface area contributed by atoms with Crippen LogP contribution >= 0.6 is 0 Å². The highest BCUT2D eigenvalue weighted by atomic mass is 16.3. The second-order valence-electron chi connectivity index (χ2n) is 7.89. The number of hydrogen-bond donors (Lipinski definition) is 2. The third-order valence-corrected chi connectivity index (χ3v) is 6.24. The molecule has 2 N–H and O–H groups in total. The number of fused-ring (bicyclic) bond motifs is 2. The lowest BCUT2D eigenvalue weighted by atomic mass is 9.68. The van der Waals surface area contributed by atoms with Crippen LogP contribution in [0.15, 0.2) is 0 Å². The summed E-state index contributed by atoms with van der Waals surface area (Å²) in [5, 5.41) is 13.3. The second kappa shape index (κ2) is 3.48. The number of rotatable bonds is 4. The average molecular weight is 237 g/mol. The molecule has 0 saturated heterocycles. The van der Waals surface area contributed by atoms with Crippen molar-refractivity contribution in [2.24, 2.45) is 22.2 Å². The summed E-state index contributed by atoms with van der Waals surface area (Å²) in [6.45, 7) is 8.75. The summed E-state index contributed by atoms with van der Waals surface area (Å²) >= 11 is 0. The first kappa shape index (κ1) is 12.0. The summed E-state index contributed by atoms with van der Waals surface area (Å²) in [4.78, 5) is 0. The van der Waals surface area contributed by atoms with E-state index in [-0.39, 0.29) is 5.41 Å². The fraction of sp³-hybridized carbons (Fsp3) is 1.00. The Labute approximate surface area is 105 Å². The van der Waals surface area contributed by atoms with Gasteiger partial charge in [-0.15, -0.1) is 0 Å². The lowest BCUT2D eigenvalue weighted by Gasteiger charge is -2.44. The Hall–Kier alpha value is -0.0800. The predicted octanol–water partition coefficient (Wildman–Crippen LogP) is 2.56. The van der Waals surface area contributed by atoms with Crippen molar-refractivity contribution in [2.75, 3.05) is 13.2 Å². The third-order valence-electron chi connectivity index (χ3n) is 6.24. The molecule has 3 aliphatic rings. The molecule has 0 aromatic carbocycles. The molecule has 1 unspecified atom stereocenters. The molecule has 0 radical (unpaired) electrons. The Morgan fingerprint density at radius 1 is 1.18 bits per heavy atom. The van der Waals surface area contributed by atoms with Gasteiger partial charge in [-0.3, -0.25) is 0 Å². The van der Waals surface area contributed by atoms with Crippen LogP contribution in [0.5, 0.6) is 0 Å². The topological polar surface area (TPSA) is 32.3 Å². The van der Waals surface area contributed by atoms with E-state index in [9.17, 15) is 5.11 Å². The van der Waals surface area contributed by atoms with Crippen molar-refractivity contribution in [1.29, 1.82) is 0 Å². The molecule has 2 heteroatoms. The molecule has 0 aromatic rings. The van der Waals surface area contributed by atoms with Gasteiger partial charge in [-0.25, -0.2) is 0 Å². The highest BCUT2D eigenvalue weighted by Crippen LogP contribution is 2.62. The highest BCUT2D eigenvalue weighted by molar-refractivity contribution is 5.12. The summed E-state index contributed by atoms with van der Waals surface area (Å²) in [5.74, 6) is 0.911. The Kier molecular flexibility index (Phi) is 2.45. The first-order chi connectivity index (χ1) is 7.92. The smallest absolute Gasteiger partial charge is 0.0499 e. The van der Waals surface area contributed by atoms with Crippen LogP contribution in [0.1, 0.15) is 52.9 Å². The zero-order valence-electron chi connectivity index (χ0n) is 11.6. The first-order valence-electron chi connectivity index (χ1n) is 7.26. The fourth-order valence-corrected chi connectivity index (χ4v) is 4.70. The van der Waals surface area contributed by atoms with Gasteiger partial charge in [-0.05, 0) is 48.9 Å². The molecule has 2 nitrogen and oxygen atoms in total. The summed E-state index contributed by atoms with van der Waals surface area (Å²) in [6.07, 6.45) is 6.65. The standard InChI is InChI=1S/C15H27NO/c1-13(2)11-4-5-14(3,8-11)12(13)16-9-15(10-17)6-7-15/h11-12,16-17H,4-10H2,1-3H3/t11-,12?,14+/m0/s1. The highest BCUT2D eigenvalue weighted by Gasteiger charge is 2.59. The van der Waals surface area contributed by atoms with Gasteiger partial charge in [0.2, 0.25) is 0 Å². The molecule has 0 aromatic heterocycles. The Balaban J connectivity index is 1.70. The van der Waals surface area contributed by atoms with Crippen molar-refractivity contribution in [1.82, 2.24) is 5.32 Å². The van der Waals surface area contributed by atoms with Gasteiger partial charge in [-0.1, -0.05) is 20.8 Å². The molecule has 3 atom stereocenters. The van der Waals surface area contributed by atoms with Crippen LogP contribution in [0.4, 0.5) is 0 Å². The van der Waals surface area contributed by atoms with Crippen molar-refractivity contribution >= 4 is 0 Å². The van der Waals surface area contributed by atoms with Crippen LogP contribution < -0.4 is 5.32 Å². The van der Waals surface area contributed by atoms with Gasteiger partial charge >= 0.3 is 0 Å². The molecule has 17 heavy (non-hydrogen) atoms. The Bertz CT molecular complexity index is 316. The maximum absolute atomic E-state index is 9.42. The predicted molar refractivity (Wildman–Crippen MR) is 69.8 cm³/mol. The van der Waals surface area contributed by atoms with Crippen LogP contribution in [0.2, 0.25) is 0 Å². The van der Waals surface area contributed by atoms with Crippen molar-refractivity contribution in [3.8, 4) is 0 Å². The zero-order chi connectivity index (χ0) is 12.3. The van der Waals surface area contributed by atoms with Crippen LogP contribution in [-0.2, 0) is 0 Å². The molecule has 3 aliphatic carbocycles. The molecule has 0 heterocycles. The van der Waals surface area contributed by atoms with Gasteiger partial charge in [0.25, 0.3) is 0 Å². The normalized spacial score (nSPS) is 45.2. The van der Waals surface area contributed by atoms with E-state index in [1.807, 2.05) is 0 Å². The minimum absolute atomic E-state index is 0.244. The summed E-state index contributed by atoms with van der Waals surface area (Å²) in [7, 11) is 0. The molecule has 3 saturated carbocycles. The van der Waals surface area contributed by atoms with Crippen LogP contribution in [-0.4, -0.2) is 24.3 Å². The van der Waals surface area contributed by atoms with Crippen LogP contribution in [0.25, 0.3) is 0 Å². The fourth-order valence-electron chi connectivity index (χ4n) is 4.70. The molecule has 98 valence electrons. The number of nitrogens with one attached hydrogen (secondary N) is 1. The number of hydrogen-bond acceptors (Lipinski definition) is 2. The summed E-state index contributed by atoms with van der Waals surface area (Å²) < 4.78 is 0. The zero-order valence-corrected chi connectivity index (χ0v) is 11.6. The van der Waals surface area contributed by atoms with Crippen molar-refractivity contribution < 1.29 is 5.11 Å². The Morgan fingerprint density at radius 2 is 1.88 bits per heavy atom. The molecule has 0 aliphatic heterocycles. The van der Waals surface area contributed by atoms with Gasteiger partial charge < -0.3 is 10.4 Å². The average Bonchev–Trinajstić information content (AvgIpc) is 2.89. The van der Waals surface area contributed by atoms with Gasteiger partial charge in [0.1, 0.15) is 0 Å². The Morgan fingerprint density at radius 3 is 2.35 bits per heavy atom. The minimum Gasteiger partial charge on any atom is -0.396 e. The monoisotopic (exact) mass is 237 g/mol. The van der Waals surface area contributed by atoms with E-state index in [0.717, 1.165) is 12.5 Å². The van der Waals surface area contributed by atoms with Crippen LogP contribution in [0, 0.1) is 22.2 Å². The lowest BCUT2D eigenvalue weighted by Crippen LogP contribution is -2.52. The van der Waals surface area contributed by atoms with E-state index in [4.69, 9.17) is 0 Å². The summed E-state index contributed by atoms with van der Waals surface area (Å²) in [6, 6.07) is 0.651. The van der Waals surface area contributed by atoms with Crippen molar-refractivity contribution in [3.63, 3.8) is 0 Å². The number of aliphatic hydroxyl groups is 1. The first-order valence-corrected chi connectivity index (χ1v) is 7.26. The minimum atomic E-state index is 0.244. The van der Waals surface area contributed by atoms with E-state index in [2.05, 4.69) is 26.1 Å². The maximum Gasteiger partial charge on any atom is 0.0499 e. The molecular weight excluding hydrogens is 210 g/mol.